The van der Waals surface area contributed by atoms with E-state index in [0.717, 1.165) is 11.8 Å². The molecule has 2 aromatic carbocycles. The summed E-state index contributed by atoms with van der Waals surface area (Å²) in [4.78, 5) is 31.1. The van der Waals surface area contributed by atoms with Gasteiger partial charge in [0.15, 0.2) is 0 Å². The minimum atomic E-state index is -3.48. The number of benzene rings is 2. The van der Waals surface area contributed by atoms with Crippen LogP contribution < -0.4 is 14.8 Å². The van der Waals surface area contributed by atoms with Gasteiger partial charge in [0.1, 0.15) is 17.6 Å². The van der Waals surface area contributed by atoms with Gasteiger partial charge in [-0.1, -0.05) is 24.3 Å². The van der Waals surface area contributed by atoms with Crippen LogP contribution in [0.3, 0.4) is 0 Å². The van der Waals surface area contributed by atoms with Gasteiger partial charge in [-0.05, 0) is 42.7 Å². The van der Waals surface area contributed by atoms with Crippen molar-refractivity contribution in [3.63, 3.8) is 0 Å². The number of halogens is 1. The van der Waals surface area contributed by atoms with Crippen molar-refractivity contribution in [2.24, 2.45) is 0 Å². The van der Waals surface area contributed by atoms with Crippen LogP contribution in [0.2, 0.25) is 0 Å². The molecule has 40 heavy (non-hydrogen) atoms. The van der Waals surface area contributed by atoms with Gasteiger partial charge in [-0.15, -0.1) is 0 Å². The molecular formula is C28H35FN4O6S. The van der Waals surface area contributed by atoms with Crippen molar-refractivity contribution in [1.82, 2.24) is 19.8 Å². The van der Waals surface area contributed by atoms with Crippen LogP contribution in [-0.2, 0) is 26.1 Å². The van der Waals surface area contributed by atoms with E-state index in [2.05, 4.69) is 14.9 Å². The van der Waals surface area contributed by atoms with Gasteiger partial charge in [0.05, 0.1) is 30.6 Å². The number of nitrogens with one attached hydrogen (secondary N) is 2. The minimum absolute atomic E-state index is 0.0937. The monoisotopic (exact) mass is 574 g/mol. The molecule has 2 bridgehead atoms. The zero-order valence-electron chi connectivity index (χ0n) is 22.4. The number of hydrogen-bond donors (Lipinski definition) is 2. The quantitative estimate of drug-likeness (QED) is 0.569. The van der Waals surface area contributed by atoms with Crippen molar-refractivity contribution in [2.75, 3.05) is 39.0 Å². The molecule has 12 heteroatoms. The van der Waals surface area contributed by atoms with E-state index in [1.54, 1.807) is 41.3 Å². The second kappa shape index (κ2) is 12.2. The van der Waals surface area contributed by atoms with Gasteiger partial charge in [-0.2, -0.15) is 0 Å². The lowest BCUT2D eigenvalue weighted by Crippen LogP contribution is -2.61. The summed E-state index contributed by atoms with van der Waals surface area (Å²) in [5, 5.41) is 2.94. The summed E-state index contributed by atoms with van der Waals surface area (Å²) in [5.41, 5.74) is 1.29. The van der Waals surface area contributed by atoms with Crippen LogP contribution in [-0.4, -0.2) is 93.4 Å². The molecule has 2 aromatic rings. The summed E-state index contributed by atoms with van der Waals surface area (Å²) in [6.07, 6.45) is 2.11. The number of ether oxygens (including phenoxy) is 2. The summed E-state index contributed by atoms with van der Waals surface area (Å²) < 4.78 is 52.3. The zero-order chi connectivity index (χ0) is 28.3. The number of piperazine rings is 1. The van der Waals surface area contributed by atoms with Crippen LogP contribution in [0.1, 0.15) is 35.2 Å². The Hall–Kier alpha value is -3.06. The normalized spacial score (nSPS) is 26.6. The Kier molecular flexibility index (Phi) is 8.69. The predicted octanol–water partition coefficient (Wildman–Crippen LogP) is 1.52. The van der Waals surface area contributed by atoms with Crippen LogP contribution in [0, 0.1) is 5.82 Å². The van der Waals surface area contributed by atoms with E-state index >= 15 is 0 Å². The predicted molar refractivity (Wildman–Crippen MR) is 146 cm³/mol. The maximum atomic E-state index is 13.8. The highest BCUT2D eigenvalue weighted by atomic mass is 32.2. The molecule has 10 nitrogen and oxygen atoms in total. The number of carbonyl (C=O) groups is 2. The molecule has 0 spiro atoms. The molecule has 216 valence electrons. The molecule has 0 unspecified atom stereocenters. The first-order valence-electron chi connectivity index (χ1n) is 13.6. The van der Waals surface area contributed by atoms with Crippen molar-refractivity contribution in [3.8, 4) is 5.75 Å². The second-order valence-corrected chi connectivity index (χ2v) is 12.4. The van der Waals surface area contributed by atoms with Crippen LogP contribution in [0.5, 0.6) is 5.75 Å². The first-order chi connectivity index (χ1) is 19.2. The van der Waals surface area contributed by atoms with Crippen LogP contribution in [0.25, 0.3) is 0 Å². The van der Waals surface area contributed by atoms with Crippen molar-refractivity contribution in [3.05, 3.63) is 65.5 Å². The van der Waals surface area contributed by atoms with Gasteiger partial charge < -0.3 is 19.7 Å². The highest BCUT2D eigenvalue weighted by molar-refractivity contribution is 7.88. The van der Waals surface area contributed by atoms with Gasteiger partial charge in [0, 0.05) is 45.2 Å². The number of carbonyl (C=O) groups excluding carboxylic acids is 2. The fourth-order valence-electron chi connectivity index (χ4n) is 5.62. The molecule has 3 heterocycles. The summed E-state index contributed by atoms with van der Waals surface area (Å²) in [5.74, 6) is -0.513. The number of nitrogens with zero attached hydrogens (tertiary/aromatic N) is 2. The highest BCUT2D eigenvalue weighted by Gasteiger charge is 2.39. The summed E-state index contributed by atoms with van der Waals surface area (Å²) in [7, 11) is -3.48. The number of hydrogen-bond acceptors (Lipinski definition) is 7. The van der Waals surface area contributed by atoms with Gasteiger partial charge in [-0.25, -0.2) is 17.5 Å². The third kappa shape index (κ3) is 6.98. The zero-order valence-corrected chi connectivity index (χ0v) is 23.2. The van der Waals surface area contributed by atoms with Crippen LogP contribution in [0.15, 0.2) is 48.5 Å². The maximum absolute atomic E-state index is 13.8. The number of para-hydroxylation sites is 1. The molecule has 0 radical (unpaired) electrons. The van der Waals surface area contributed by atoms with Crippen LogP contribution in [0.4, 0.5) is 4.39 Å². The standard InChI is InChI=1S/C28H35FN4O6S/c1-40(36,37)31-23-11-10-21-12-15-38-25-5-3-2-4-22(25)28(35)33-14-13-32(17-19-6-8-20(29)9-7-19)18-24(33)27(34)30-16-26(23)39-21/h2-9,21,23-24,26,31H,10-18H2,1H3,(H,30,34)/t21-,23+,24-,26+/m0/s1. The third-order valence-electron chi connectivity index (χ3n) is 7.62. The van der Waals surface area contributed by atoms with E-state index in [4.69, 9.17) is 9.47 Å². The fraction of sp³-hybridized carbons (Fsp3) is 0.500. The summed E-state index contributed by atoms with van der Waals surface area (Å²) in [6.45, 7) is 2.04. The van der Waals surface area contributed by atoms with E-state index < -0.39 is 28.2 Å². The van der Waals surface area contributed by atoms with E-state index in [-0.39, 0.29) is 36.8 Å². The fourth-order valence-corrected chi connectivity index (χ4v) is 6.44. The van der Waals surface area contributed by atoms with Gasteiger partial charge in [0.2, 0.25) is 15.9 Å². The van der Waals surface area contributed by atoms with Gasteiger partial charge in [0.25, 0.3) is 5.91 Å². The number of amides is 2. The Morgan fingerprint density at radius 1 is 1.05 bits per heavy atom. The first kappa shape index (κ1) is 28.5. The first-order valence-corrected chi connectivity index (χ1v) is 15.5. The van der Waals surface area contributed by atoms with Crippen molar-refractivity contribution < 1.29 is 31.9 Å². The van der Waals surface area contributed by atoms with Crippen molar-refractivity contribution >= 4 is 21.8 Å². The largest absolute Gasteiger partial charge is 0.493 e. The summed E-state index contributed by atoms with van der Waals surface area (Å²) >= 11 is 0. The van der Waals surface area contributed by atoms with Gasteiger partial charge >= 0.3 is 0 Å². The molecular weight excluding hydrogens is 539 g/mol. The maximum Gasteiger partial charge on any atom is 0.258 e. The van der Waals surface area contributed by atoms with Crippen molar-refractivity contribution in [1.29, 1.82) is 0 Å². The molecule has 2 fully saturated rings. The average Bonchev–Trinajstić information content (AvgIpc) is 2.93. The molecule has 0 aromatic heterocycles. The number of rotatable bonds is 4. The molecule has 3 aliphatic rings. The second-order valence-electron chi connectivity index (χ2n) is 10.6. The molecule has 2 N–H and O–H groups in total. The lowest BCUT2D eigenvalue weighted by molar-refractivity contribution is -0.130. The number of sulfonamides is 1. The average molecular weight is 575 g/mol. The van der Waals surface area contributed by atoms with E-state index in [1.165, 1.54) is 12.1 Å². The van der Waals surface area contributed by atoms with E-state index in [1.807, 2.05) is 0 Å². The molecule has 3 aliphatic heterocycles. The lowest BCUT2D eigenvalue weighted by atomic mass is 9.97. The molecule has 0 aliphatic carbocycles. The van der Waals surface area contributed by atoms with E-state index in [9.17, 15) is 22.4 Å². The summed E-state index contributed by atoms with van der Waals surface area (Å²) in [6, 6.07) is 11.9. The van der Waals surface area contributed by atoms with Gasteiger partial charge in [-0.3, -0.25) is 14.5 Å². The molecule has 2 amide bonds. The number of fused-ring (bicyclic) bond motifs is 4. The smallest absolute Gasteiger partial charge is 0.258 e. The highest BCUT2D eigenvalue weighted by Crippen LogP contribution is 2.26. The molecule has 2 saturated heterocycles. The minimum Gasteiger partial charge on any atom is -0.493 e. The Morgan fingerprint density at radius 2 is 1.82 bits per heavy atom. The Bertz CT molecular complexity index is 1320. The van der Waals surface area contributed by atoms with Crippen LogP contribution >= 0.6 is 0 Å². The Balaban J connectivity index is 1.41. The Morgan fingerprint density at radius 3 is 2.60 bits per heavy atom. The van der Waals surface area contributed by atoms with Crippen molar-refractivity contribution in [2.45, 2.75) is 50.1 Å². The lowest BCUT2D eigenvalue weighted by Gasteiger charge is -2.41. The topological polar surface area (TPSA) is 117 Å². The SMILES string of the molecule is CS(=O)(=O)N[C@@H]1CC[C@H]2CCOc3ccccc3C(=O)N3CCN(Cc4ccc(F)cc4)C[C@H]3C(=O)NC[C@H]1O2. The Labute approximate surface area is 233 Å². The third-order valence-corrected chi connectivity index (χ3v) is 8.35. The molecule has 4 atom stereocenters. The molecule has 5 rings (SSSR count). The van der Waals surface area contributed by atoms with E-state index in [0.29, 0.717) is 56.8 Å². The molecule has 0 saturated carbocycles.